The van der Waals surface area contributed by atoms with Crippen LogP contribution in [0.4, 0.5) is 22.8 Å². The van der Waals surface area contributed by atoms with Crippen LogP contribution in [-0.4, -0.2) is 66.3 Å². The zero-order valence-corrected chi connectivity index (χ0v) is 23.4. The fraction of sp³-hybridized carbons (Fsp3) is 0.241. The molecule has 0 aliphatic carbocycles. The van der Waals surface area contributed by atoms with E-state index in [0.29, 0.717) is 11.1 Å². The first-order chi connectivity index (χ1) is 21.4. The Labute approximate surface area is 254 Å². The van der Waals surface area contributed by atoms with Crippen molar-refractivity contribution in [3.05, 3.63) is 89.5 Å². The number of nitrogens with one attached hydrogen (secondary N) is 4. The van der Waals surface area contributed by atoms with Gasteiger partial charge in [-0.15, -0.1) is 13.2 Å². The van der Waals surface area contributed by atoms with Crippen LogP contribution in [0.5, 0.6) is 17.2 Å². The van der Waals surface area contributed by atoms with Crippen LogP contribution < -0.4 is 30.7 Å². The van der Waals surface area contributed by atoms with Crippen molar-refractivity contribution in [3.63, 3.8) is 0 Å². The lowest BCUT2D eigenvalue weighted by Gasteiger charge is -2.16. The molecule has 6 N–H and O–H groups in total. The molecule has 0 spiro atoms. The molecule has 3 aromatic carbocycles. The number of benzene rings is 3. The Bertz CT molecular complexity index is 1460. The van der Waals surface area contributed by atoms with Gasteiger partial charge in [0.15, 0.2) is 0 Å². The van der Waals surface area contributed by atoms with Gasteiger partial charge in [0.2, 0.25) is 0 Å². The maximum atomic E-state index is 12.5. The summed E-state index contributed by atoms with van der Waals surface area (Å²) in [5, 5.41) is 29.2. The van der Waals surface area contributed by atoms with E-state index < -0.39 is 48.7 Å². The Morgan fingerprint density at radius 2 is 1.53 bits per heavy atom. The average Bonchev–Trinajstić information content (AvgIpc) is 2.99. The molecule has 0 heterocycles. The molecule has 0 saturated carbocycles. The number of rotatable bonds is 14. The van der Waals surface area contributed by atoms with Gasteiger partial charge in [-0.3, -0.25) is 4.79 Å². The molecule has 45 heavy (non-hydrogen) atoms. The van der Waals surface area contributed by atoms with Gasteiger partial charge in [-0.25, -0.2) is 14.4 Å². The second-order valence-electron chi connectivity index (χ2n) is 9.14. The second-order valence-corrected chi connectivity index (χ2v) is 9.14. The van der Waals surface area contributed by atoms with Crippen LogP contribution in [0.3, 0.4) is 0 Å². The maximum absolute atomic E-state index is 12.5. The number of aliphatic carboxylic acids is 1. The first-order valence-corrected chi connectivity index (χ1v) is 13.2. The molecule has 16 heteroatoms. The summed E-state index contributed by atoms with van der Waals surface area (Å²) in [5.41, 5.74) is 1.04. The zero-order chi connectivity index (χ0) is 32.8. The molecule has 0 aromatic heterocycles. The lowest BCUT2D eigenvalue weighted by atomic mass is 10.1. The van der Waals surface area contributed by atoms with E-state index in [2.05, 4.69) is 26.0 Å². The van der Waals surface area contributed by atoms with E-state index in [0.717, 1.165) is 18.2 Å². The number of alkyl carbamates (subject to hydrolysis) is 1. The number of aromatic hydroxyl groups is 1. The first-order valence-electron chi connectivity index (χ1n) is 13.2. The third-order valence-corrected chi connectivity index (χ3v) is 5.75. The number of carbonyl (C=O) groups is 4. The SMILES string of the molecule is O=C(NCCOc1ccc(C(=O)NC[C@H](NC(=O)OCc2ccccc2)C(=O)O)c(O)c1)NCc1ccc(OC(F)(F)F)cc1. The van der Waals surface area contributed by atoms with Gasteiger partial charge in [-0.1, -0.05) is 42.5 Å². The van der Waals surface area contributed by atoms with E-state index in [1.165, 1.54) is 24.3 Å². The summed E-state index contributed by atoms with van der Waals surface area (Å²) >= 11 is 0. The summed E-state index contributed by atoms with van der Waals surface area (Å²) in [6.45, 7) is -0.518. The third-order valence-electron chi connectivity index (χ3n) is 5.75. The van der Waals surface area contributed by atoms with Crippen molar-refractivity contribution < 1.29 is 56.8 Å². The highest BCUT2D eigenvalue weighted by atomic mass is 19.4. The fourth-order valence-corrected chi connectivity index (χ4v) is 3.58. The van der Waals surface area contributed by atoms with Gasteiger partial charge in [0.25, 0.3) is 5.91 Å². The Hall–Kier alpha value is -5.67. The molecule has 3 aromatic rings. The highest BCUT2D eigenvalue weighted by molar-refractivity contribution is 5.97. The van der Waals surface area contributed by atoms with Crippen LogP contribution in [0.15, 0.2) is 72.8 Å². The number of hydrogen-bond acceptors (Lipinski definition) is 8. The van der Waals surface area contributed by atoms with Crippen molar-refractivity contribution in [1.82, 2.24) is 21.3 Å². The number of ether oxygens (including phenoxy) is 3. The number of hydrogen-bond donors (Lipinski definition) is 6. The van der Waals surface area contributed by atoms with Crippen LogP contribution >= 0.6 is 0 Å². The molecule has 0 unspecified atom stereocenters. The number of urea groups is 1. The molecule has 240 valence electrons. The number of amides is 4. The van der Waals surface area contributed by atoms with Gasteiger partial charge in [0, 0.05) is 19.2 Å². The summed E-state index contributed by atoms with van der Waals surface area (Å²) < 4.78 is 50.9. The summed E-state index contributed by atoms with van der Waals surface area (Å²) in [6.07, 6.45) is -5.80. The molecule has 0 fully saturated rings. The fourth-order valence-electron chi connectivity index (χ4n) is 3.58. The van der Waals surface area contributed by atoms with Crippen LogP contribution in [0.2, 0.25) is 0 Å². The normalized spacial score (nSPS) is 11.4. The van der Waals surface area contributed by atoms with Gasteiger partial charge >= 0.3 is 24.5 Å². The van der Waals surface area contributed by atoms with Crippen LogP contribution in [0.1, 0.15) is 21.5 Å². The molecule has 0 aliphatic heterocycles. The van der Waals surface area contributed by atoms with E-state index in [1.807, 2.05) is 0 Å². The predicted molar refractivity (Wildman–Crippen MR) is 150 cm³/mol. The molecule has 0 bridgehead atoms. The van der Waals surface area contributed by atoms with Gasteiger partial charge in [-0.05, 0) is 35.4 Å². The maximum Gasteiger partial charge on any atom is 0.573 e. The predicted octanol–water partition coefficient (Wildman–Crippen LogP) is 3.28. The number of halogens is 3. The van der Waals surface area contributed by atoms with Gasteiger partial charge in [-0.2, -0.15) is 0 Å². The number of carbonyl (C=O) groups excluding carboxylic acids is 3. The topological polar surface area (TPSA) is 185 Å². The quantitative estimate of drug-likeness (QED) is 0.145. The van der Waals surface area contributed by atoms with Crippen molar-refractivity contribution in [2.45, 2.75) is 25.6 Å². The molecule has 0 radical (unpaired) electrons. The molecule has 4 amide bonds. The van der Waals surface area contributed by atoms with E-state index >= 15 is 0 Å². The molecular weight excluding hydrogens is 605 g/mol. The number of phenolic OH excluding ortho intramolecular Hbond substituents is 1. The number of carboxylic acid groups (broad SMARTS) is 1. The molecule has 1 atom stereocenters. The minimum Gasteiger partial charge on any atom is -0.507 e. The first kappa shape index (κ1) is 33.8. The molecule has 0 aliphatic rings. The van der Waals surface area contributed by atoms with Crippen molar-refractivity contribution in [2.75, 3.05) is 19.7 Å². The van der Waals surface area contributed by atoms with Crippen molar-refractivity contribution in [1.29, 1.82) is 0 Å². The number of alkyl halides is 3. The lowest BCUT2D eigenvalue weighted by molar-refractivity contribution is -0.274. The highest BCUT2D eigenvalue weighted by Gasteiger charge is 2.31. The molecule has 13 nitrogen and oxygen atoms in total. The monoisotopic (exact) mass is 634 g/mol. The lowest BCUT2D eigenvalue weighted by Crippen LogP contribution is -2.48. The van der Waals surface area contributed by atoms with Crippen molar-refractivity contribution >= 4 is 24.0 Å². The molecular formula is C29H29F3N4O9. The van der Waals surface area contributed by atoms with Crippen LogP contribution in [0, 0.1) is 0 Å². The summed E-state index contributed by atoms with van der Waals surface area (Å²) in [5.74, 6) is -2.92. The summed E-state index contributed by atoms with van der Waals surface area (Å²) in [7, 11) is 0. The minimum absolute atomic E-state index is 0.0196. The Morgan fingerprint density at radius 3 is 2.18 bits per heavy atom. The van der Waals surface area contributed by atoms with Crippen molar-refractivity contribution in [2.24, 2.45) is 0 Å². The van der Waals surface area contributed by atoms with Crippen molar-refractivity contribution in [3.8, 4) is 17.2 Å². The van der Waals surface area contributed by atoms with E-state index in [9.17, 15) is 42.6 Å². The van der Waals surface area contributed by atoms with Crippen LogP contribution in [0.25, 0.3) is 0 Å². The number of carboxylic acids is 1. The van der Waals surface area contributed by atoms with E-state index in [1.54, 1.807) is 30.3 Å². The third kappa shape index (κ3) is 12.2. The van der Waals surface area contributed by atoms with E-state index in [4.69, 9.17) is 9.47 Å². The van der Waals surface area contributed by atoms with Gasteiger partial charge in [0.1, 0.15) is 36.5 Å². The Morgan fingerprint density at radius 1 is 0.844 bits per heavy atom. The highest BCUT2D eigenvalue weighted by Crippen LogP contribution is 2.24. The second kappa shape index (κ2) is 16.3. The average molecular weight is 635 g/mol. The minimum atomic E-state index is -4.80. The zero-order valence-electron chi connectivity index (χ0n) is 23.4. The summed E-state index contributed by atoms with van der Waals surface area (Å²) in [4.78, 5) is 48.0. The summed E-state index contributed by atoms with van der Waals surface area (Å²) in [6, 6.07) is 15.4. The molecule has 0 saturated heterocycles. The van der Waals surface area contributed by atoms with Gasteiger partial charge in [0.05, 0.1) is 12.1 Å². The van der Waals surface area contributed by atoms with Crippen LogP contribution in [-0.2, 0) is 22.7 Å². The smallest absolute Gasteiger partial charge is 0.507 e. The molecule has 3 rings (SSSR count). The largest absolute Gasteiger partial charge is 0.573 e. The number of phenols is 1. The van der Waals surface area contributed by atoms with Gasteiger partial charge < -0.3 is 45.7 Å². The Kier molecular flexibility index (Phi) is 12.2. The standard InChI is InChI=1S/C29H29F3N4O9/c30-29(31,32)45-20-8-6-18(7-9-20)15-35-27(41)33-12-13-43-21-10-11-22(24(37)14-21)25(38)34-16-23(26(39)40)36-28(42)44-17-19-4-2-1-3-5-19/h1-11,14,23,37H,12-13,15-17H2,(H,34,38)(H,36,42)(H,39,40)(H2,33,35,41)/t23-/m0/s1. The van der Waals surface area contributed by atoms with E-state index in [-0.39, 0.29) is 43.4 Å². The Balaban J connectivity index is 1.37.